The van der Waals surface area contributed by atoms with Crippen molar-refractivity contribution >= 4 is 17.5 Å². The van der Waals surface area contributed by atoms with Gasteiger partial charge in [0.05, 0.1) is 0 Å². The van der Waals surface area contributed by atoms with Gasteiger partial charge in [-0.2, -0.15) is 0 Å². The second-order valence-electron chi connectivity index (χ2n) is 5.29. The van der Waals surface area contributed by atoms with E-state index in [4.69, 9.17) is 0 Å². The number of aryl methyl sites for hydroxylation is 1. The molecule has 0 fully saturated rings. The summed E-state index contributed by atoms with van der Waals surface area (Å²) in [5.74, 6) is -0.137. The minimum atomic E-state index is -0.140. The molecule has 2 amide bonds. The van der Waals surface area contributed by atoms with Crippen molar-refractivity contribution in [1.82, 2.24) is 5.32 Å². The molecule has 0 saturated heterocycles. The number of nitrogens with one attached hydrogen (secondary N) is 1. The number of para-hydroxylation sites is 1. The van der Waals surface area contributed by atoms with Gasteiger partial charge in [0, 0.05) is 30.8 Å². The van der Waals surface area contributed by atoms with Gasteiger partial charge >= 0.3 is 0 Å². The normalized spacial score (nSPS) is 10.2. The van der Waals surface area contributed by atoms with E-state index in [9.17, 15) is 9.59 Å². The molecule has 4 nitrogen and oxygen atoms in total. The third kappa shape index (κ3) is 4.42. The van der Waals surface area contributed by atoms with E-state index in [0.29, 0.717) is 18.7 Å². The molecule has 0 heterocycles. The topological polar surface area (TPSA) is 49.4 Å². The number of anilines is 1. The lowest BCUT2D eigenvalue weighted by atomic mass is 10.1. The Morgan fingerprint density at radius 3 is 2.30 bits per heavy atom. The lowest BCUT2D eigenvalue weighted by molar-refractivity contribution is -0.118. The number of nitrogens with zero attached hydrogens (tertiary/aromatic N) is 1. The summed E-state index contributed by atoms with van der Waals surface area (Å²) >= 11 is 0. The van der Waals surface area contributed by atoms with Crippen molar-refractivity contribution in [3.63, 3.8) is 0 Å². The largest absolute Gasteiger partial charge is 0.352 e. The Labute approximate surface area is 137 Å². The molecule has 0 bridgehead atoms. The smallest absolute Gasteiger partial charge is 0.251 e. The quantitative estimate of drug-likeness (QED) is 0.891. The Morgan fingerprint density at radius 2 is 1.65 bits per heavy atom. The first-order chi connectivity index (χ1) is 11.1. The van der Waals surface area contributed by atoms with Gasteiger partial charge in [-0.25, -0.2) is 0 Å². The highest BCUT2D eigenvalue weighted by molar-refractivity contribution is 5.96. The fourth-order valence-corrected chi connectivity index (χ4v) is 2.45. The van der Waals surface area contributed by atoms with Gasteiger partial charge < -0.3 is 10.2 Å². The van der Waals surface area contributed by atoms with E-state index in [0.717, 1.165) is 11.3 Å². The molecule has 0 aliphatic heterocycles. The minimum Gasteiger partial charge on any atom is -0.352 e. The number of benzene rings is 2. The van der Waals surface area contributed by atoms with Crippen LogP contribution in [0.4, 0.5) is 5.69 Å². The number of amides is 2. The van der Waals surface area contributed by atoms with Crippen molar-refractivity contribution in [3.8, 4) is 0 Å². The molecule has 0 saturated carbocycles. The fraction of sp³-hybridized carbons (Fsp3) is 0.263. The molecule has 1 N–H and O–H groups in total. The van der Waals surface area contributed by atoms with Crippen LogP contribution in [0.15, 0.2) is 54.6 Å². The van der Waals surface area contributed by atoms with Crippen LogP contribution in [0, 0.1) is 6.92 Å². The minimum absolute atomic E-state index is 0.00350. The Morgan fingerprint density at radius 1 is 1.00 bits per heavy atom. The standard InChI is InChI=1S/C19H22N2O2/c1-3-21(16-10-5-4-6-11-16)18(22)13-14-20-19(23)17-12-8-7-9-15(17)2/h4-12H,3,13-14H2,1-2H3,(H,20,23). The van der Waals surface area contributed by atoms with Crippen LogP contribution < -0.4 is 10.2 Å². The Hall–Kier alpha value is -2.62. The van der Waals surface area contributed by atoms with Crippen LogP contribution in [0.1, 0.15) is 29.3 Å². The third-order valence-corrected chi connectivity index (χ3v) is 3.70. The molecule has 0 spiro atoms. The van der Waals surface area contributed by atoms with Gasteiger partial charge in [0.15, 0.2) is 0 Å². The Bertz CT molecular complexity index is 668. The first-order valence-electron chi connectivity index (χ1n) is 7.82. The van der Waals surface area contributed by atoms with E-state index in [2.05, 4.69) is 5.32 Å². The lowest BCUT2D eigenvalue weighted by Gasteiger charge is -2.21. The Balaban J connectivity index is 1.89. The zero-order chi connectivity index (χ0) is 16.7. The third-order valence-electron chi connectivity index (χ3n) is 3.70. The van der Waals surface area contributed by atoms with Crippen molar-refractivity contribution in [2.24, 2.45) is 0 Å². The number of carbonyl (C=O) groups excluding carboxylic acids is 2. The summed E-state index contributed by atoms with van der Waals surface area (Å²) in [5.41, 5.74) is 2.45. The summed E-state index contributed by atoms with van der Waals surface area (Å²) in [6.07, 6.45) is 0.278. The van der Waals surface area contributed by atoms with Gasteiger partial charge in [-0.05, 0) is 37.6 Å². The van der Waals surface area contributed by atoms with Crippen LogP contribution in [-0.2, 0) is 4.79 Å². The second kappa shape index (κ2) is 8.13. The Kier molecular flexibility index (Phi) is 5.92. The molecule has 0 unspecified atom stereocenters. The molecule has 23 heavy (non-hydrogen) atoms. The molecule has 0 aliphatic rings. The number of hydrogen-bond acceptors (Lipinski definition) is 2. The second-order valence-corrected chi connectivity index (χ2v) is 5.29. The van der Waals surface area contributed by atoms with Gasteiger partial charge in [0.2, 0.25) is 5.91 Å². The maximum atomic E-state index is 12.3. The van der Waals surface area contributed by atoms with Gasteiger partial charge in [-0.15, -0.1) is 0 Å². The van der Waals surface area contributed by atoms with Crippen LogP contribution in [0.2, 0.25) is 0 Å². The highest BCUT2D eigenvalue weighted by Gasteiger charge is 2.14. The van der Waals surface area contributed by atoms with Crippen LogP contribution in [0.3, 0.4) is 0 Å². The zero-order valence-electron chi connectivity index (χ0n) is 13.6. The lowest BCUT2D eigenvalue weighted by Crippen LogP contribution is -2.34. The van der Waals surface area contributed by atoms with E-state index < -0.39 is 0 Å². The molecular weight excluding hydrogens is 288 g/mol. The maximum Gasteiger partial charge on any atom is 0.251 e. The first kappa shape index (κ1) is 16.7. The van der Waals surface area contributed by atoms with E-state index in [1.165, 1.54) is 0 Å². The van der Waals surface area contributed by atoms with Gasteiger partial charge in [0.25, 0.3) is 5.91 Å². The van der Waals surface area contributed by atoms with Gasteiger partial charge in [-0.3, -0.25) is 9.59 Å². The summed E-state index contributed by atoms with van der Waals surface area (Å²) in [6, 6.07) is 17.0. The molecule has 0 atom stereocenters. The predicted octanol–water partition coefficient (Wildman–Crippen LogP) is 3.17. The highest BCUT2D eigenvalue weighted by Crippen LogP contribution is 2.14. The summed E-state index contributed by atoms with van der Waals surface area (Å²) in [6.45, 7) is 4.77. The van der Waals surface area contributed by atoms with Crippen molar-refractivity contribution in [2.45, 2.75) is 20.3 Å². The SMILES string of the molecule is CCN(C(=O)CCNC(=O)c1ccccc1C)c1ccccc1. The van der Waals surface area contributed by atoms with Gasteiger partial charge in [0.1, 0.15) is 0 Å². The molecule has 0 aromatic heterocycles. The summed E-state index contributed by atoms with van der Waals surface area (Å²) in [7, 11) is 0. The van der Waals surface area contributed by atoms with E-state index in [-0.39, 0.29) is 18.2 Å². The number of carbonyl (C=O) groups is 2. The maximum absolute atomic E-state index is 12.3. The monoisotopic (exact) mass is 310 g/mol. The van der Waals surface area contributed by atoms with Crippen molar-refractivity contribution in [1.29, 1.82) is 0 Å². The average molecular weight is 310 g/mol. The summed E-state index contributed by atoms with van der Waals surface area (Å²) < 4.78 is 0. The van der Waals surface area contributed by atoms with Crippen molar-refractivity contribution < 1.29 is 9.59 Å². The molecule has 0 radical (unpaired) electrons. The van der Waals surface area contributed by atoms with Gasteiger partial charge in [-0.1, -0.05) is 36.4 Å². The molecule has 2 aromatic rings. The molecule has 2 rings (SSSR count). The highest BCUT2D eigenvalue weighted by atomic mass is 16.2. The van der Waals surface area contributed by atoms with E-state index in [1.54, 1.807) is 11.0 Å². The van der Waals surface area contributed by atoms with Crippen molar-refractivity contribution in [3.05, 3.63) is 65.7 Å². The molecule has 0 aliphatic carbocycles. The van der Waals surface area contributed by atoms with E-state index >= 15 is 0 Å². The fourth-order valence-electron chi connectivity index (χ4n) is 2.45. The first-order valence-corrected chi connectivity index (χ1v) is 7.82. The van der Waals surface area contributed by atoms with Crippen molar-refractivity contribution in [2.75, 3.05) is 18.0 Å². The van der Waals surface area contributed by atoms with Crippen LogP contribution >= 0.6 is 0 Å². The molecule has 2 aromatic carbocycles. The number of rotatable bonds is 6. The zero-order valence-corrected chi connectivity index (χ0v) is 13.6. The summed E-state index contributed by atoms with van der Waals surface area (Å²) in [4.78, 5) is 26.2. The molecular formula is C19H22N2O2. The predicted molar refractivity (Wildman–Crippen MR) is 92.6 cm³/mol. The van der Waals surface area contributed by atoms with Crippen LogP contribution in [0.5, 0.6) is 0 Å². The summed E-state index contributed by atoms with van der Waals surface area (Å²) in [5, 5.41) is 2.81. The molecule has 120 valence electrons. The average Bonchev–Trinajstić information content (AvgIpc) is 2.57. The number of hydrogen-bond donors (Lipinski definition) is 1. The van der Waals surface area contributed by atoms with Crippen LogP contribution in [0.25, 0.3) is 0 Å². The van der Waals surface area contributed by atoms with Crippen LogP contribution in [-0.4, -0.2) is 24.9 Å². The molecule has 4 heteroatoms. The van der Waals surface area contributed by atoms with E-state index in [1.807, 2.05) is 62.4 Å².